The van der Waals surface area contributed by atoms with Crippen LogP contribution in [0.2, 0.25) is 0 Å². The summed E-state index contributed by atoms with van der Waals surface area (Å²) in [6.45, 7) is 4.98. The van der Waals surface area contributed by atoms with E-state index in [9.17, 15) is 0 Å². The molecule has 4 aliphatic heterocycles. The van der Waals surface area contributed by atoms with E-state index in [0.717, 1.165) is 12.0 Å². The molecule has 5 aliphatic rings. The number of fused-ring (bicyclic) bond motifs is 7. The number of unbranched alkanes of at least 4 members (excludes halogenated alkanes) is 1. The number of hydrogen-bond donors (Lipinski definition) is 0. The molecule has 3 fully saturated rings. The molecule has 7 rings (SSSR count). The van der Waals surface area contributed by atoms with E-state index in [-0.39, 0.29) is 5.54 Å². The molecule has 4 heterocycles. The minimum Gasteiger partial charge on any atom is -0.281 e. The van der Waals surface area contributed by atoms with Gasteiger partial charge < -0.3 is 0 Å². The third-order valence-corrected chi connectivity index (χ3v) is 9.60. The van der Waals surface area contributed by atoms with Crippen molar-refractivity contribution in [2.75, 3.05) is 0 Å². The van der Waals surface area contributed by atoms with Gasteiger partial charge in [-0.2, -0.15) is 0 Å². The van der Waals surface area contributed by atoms with Gasteiger partial charge in [0.2, 0.25) is 0 Å². The molecular formula is C26H30N+. The van der Waals surface area contributed by atoms with Gasteiger partial charge in [-0.15, -0.1) is 0 Å². The van der Waals surface area contributed by atoms with Gasteiger partial charge in [0.15, 0.2) is 17.1 Å². The van der Waals surface area contributed by atoms with E-state index in [1.54, 1.807) is 22.3 Å². The molecule has 1 aliphatic carbocycles. The zero-order valence-corrected chi connectivity index (χ0v) is 16.7. The van der Waals surface area contributed by atoms with Crippen LogP contribution in [-0.2, 0) is 16.6 Å². The van der Waals surface area contributed by atoms with Gasteiger partial charge in [0, 0.05) is 35.1 Å². The summed E-state index contributed by atoms with van der Waals surface area (Å²) in [6.07, 6.45) is 9.90. The first kappa shape index (κ1) is 15.3. The van der Waals surface area contributed by atoms with Gasteiger partial charge in [0.25, 0.3) is 0 Å². The third kappa shape index (κ3) is 1.24. The molecule has 2 saturated heterocycles. The fraction of sp³-hybridized carbons (Fsp3) is 0.538. The molecule has 0 radical (unpaired) electrons. The zero-order valence-electron chi connectivity index (χ0n) is 16.7. The molecule has 1 nitrogen and oxygen atoms in total. The van der Waals surface area contributed by atoms with Crippen LogP contribution in [0.4, 0.5) is 0 Å². The van der Waals surface area contributed by atoms with Crippen LogP contribution in [0.3, 0.4) is 0 Å². The van der Waals surface area contributed by atoms with E-state index in [1.165, 1.54) is 49.4 Å². The Bertz CT molecular complexity index is 989. The topological polar surface area (TPSA) is 0 Å². The number of rotatable bonds is 5. The molecule has 1 heteroatoms. The predicted molar refractivity (Wildman–Crippen MR) is 108 cm³/mol. The molecule has 3 unspecified atom stereocenters. The third-order valence-electron chi connectivity index (χ3n) is 9.60. The van der Waals surface area contributed by atoms with Crippen molar-refractivity contribution >= 4 is 0 Å². The average Bonchev–Trinajstić information content (AvgIpc) is 3.55. The number of quaternary nitrogens is 1. The van der Waals surface area contributed by atoms with Gasteiger partial charge in [-0.05, 0) is 32.1 Å². The van der Waals surface area contributed by atoms with Crippen LogP contribution < -0.4 is 0 Å². The maximum Gasteiger partial charge on any atom is 0.180 e. The van der Waals surface area contributed by atoms with E-state index >= 15 is 0 Å². The van der Waals surface area contributed by atoms with Crippen molar-refractivity contribution in [2.45, 2.75) is 81.5 Å². The van der Waals surface area contributed by atoms with Crippen LogP contribution in [0.15, 0.2) is 48.5 Å². The molecule has 1 spiro atoms. The predicted octanol–water partition coefficient (Wildman–Crippen LogP) is 5.96. The number of hydrogen-bond acceptors (Lipinski definition) is 0. The van der Waals surface area contributed by atoms with E-state index in [0.29, 0.717) is 11.1 Å². The second-order valence-electron chi connectivity index (χ2n) is 10.3. The van der Waals surface area contributed by atoms with Crippen molar-refractivity contribution in [1.82, 2.24) is 0 Å². The molecule has 0 aromatic heterocycles. The van der Waals surface area contributed by atoms with Crippen molar-refractivity contribution < 1.29 is 4.48 Å². The highest BCUT2D eigenvalue weighted by Gasteiger charge is 3.03. The molecule has 138 valence electrons. The summed E-state index contributed by atoms with van der Waals surface area (Å²) in [7, 11) is 0. The van der Waals surface area contributed by atoms with Crippen LogP contribution in [0.5, 0.6) is 0 Å². The molecular weight excluding hydrogens is 326 g/mol. The Balaban J connectivity index is 1.55. The minimum absolute atomic E-state index is 0.179. The lowest BCUT2D eigenvalue weighted by molar-refractivity contribution is -0.975. The number of benzene rings is 2. The quantitative estimate of drug-likeness (QED) is 0.458. The van der Waals surface area contributed by atoms with Crippen molar-refractivity contribution in [3.05, 3.63) is 70.8 Å². The second kappa shape index (κ2) is 4.35. The van der Waals surface area contributed by atoms with E-state index in [2.05, 4.69) is 62.4 Å². The van der Waals surface area contributed by atoms with Gasteiger partial charge in [-0.1, -0.05) is 61.9 Å². The Kier molecular flexibility index (Phi) is 2.47. The highest BCUT2D eigenvalue weighted by Crippen LogP contribution is 2.91. The standard InChI is InChI=1S/C26H30N/c1-3-4-15-26-22-12-8-6-10-20(22)24(2)19-9-5-7-11-21(19)25(16-18-13-14-18)17-23(26)27(24,25)26/h5-12,18,23H,3-4,13-17H2,1-2H3/q+1/t23?,24?,25-,26-,27?/m0/s1. The summed E-state index contributed by atoms with van der Waals surface area (Å²) in [5.74, 6) is 0.988. The SMILES string of the molecule is CCCC[C@]12c3ccccc3C3(C)c4ccccc4[C@]4(CC5CC5)CC1[N+]342. The Morgan fingerprint density at radius 3 is 2.22 bits per heavy atom. The van der Waals surface area contributed by atoms with Crippen LogP contribution in [0, 0.1) is 5.92 Å². The average molecular weight is 357 g/mol. The second-order valence-corrected chi connectivity index (χ2v) is 10.3. The largest absolute Gasteiger partial charge is 0.281 e. The highest BCUT2D eigenvalue weighted by molar-refractivity contribution is 5.62. The fourth-order valence-corrected chi connectivity index (χ4v) is 8.88. The smallest absolute Gasteiger partial charge is 0.180 e. The molecule has 27 heavy (non-hydrogen) atoms. The molecule has 5 atom stereocenters. The number of nitrogens with zero attached hydrogens (tertiary/aromatic N) is 1. The van der Waals surface area contributed by atoms with Crippen LogP contribution in [-0.4, -0.2) is 10.5 Å². The van der Waals surface area contributed by atoms with Crippen molar-refractivity contribution in [3.8, 4) is 0 Å². The fourth-order valence-electron chi connectivity index (χ4n) is 8.88. The lowest BCUT2D eigenvalue weighted by Gasteiger charge is -2.51. The first-order valence-electron chi connectivity index (χ1n) is 11.3. The molecule has 0 N–H and O–H groups in total. The van der Waals surface area contributed by atoms with Crippen LogP contribution >= 0.6 is 0 Å². The maximum absolute atomic E-state index is 2.62. The monoisotopic (exact) mass is 356 g/mol. The van der Waals surface area contributed by atoms with Gasteiger partial charge >= 0.3 is 0 Å². The summed E-state index contributed by atoms with van der Waals surface area (Å²) in [4.78, 5) is 0. The van der Waals surface area contributed by atoms with Crippen LogP contribution in [0.25, 0.3) is 0 Å². The maximum atomic E-state index is 2.62. The van der Waals surface area contributed by atoms with Crippen LogP contribution in [0.1, 0.15) is 81.0 Å². The van der Waals surface area contributed by atoms with Crippen molar-refractivity contribution in [1.29, 1.82) is 0 Å². The van der Waals surface area contributed by atoms with Gasteiger partial charge in [-0.25, -0.2) is 0 Å². The Morgan fingerprint density at radius 2 is 1.56 bits per heavy atom. The van der Waals surface area contributed by atoms with Crippen molar-refractivity contribution in [3.63, 3.8) is 0 Å². The summed E-state index contributed by atoms with van der Waals surface area (Å²) in [5, 5.41) is 0. The Morgan fingerprint density at radius 1 is 0.926 bits per heavy atom. The lowest BCUT2D eigenvalue weighted by atomic mass is 9.75. The van der Waals surface area contributed by atoms with Gasteiger partial charge in [-0.3, -0.25) is 4.48 Å². The zero-order chi connectivity index (χ0) is 18.1. The summed E-state index contributed by atoms with van der Waals surface area (Å²) < 4.78 is 1.39. The Hall–Kier alpha value is -1.60. The first-order chi connectivity index (χ1) is 13.2. The van der Waals surface area contributed by atoms with E-state index in [1.807, 2.05) is 0 Å². The normalized spacial score (nSPS) is 44.1. The molecule has 0 bridgehead atoms. The molecule has 0 amide bonds. The van der Waals surface area contributed by atoms with Gasteiger partial charge in [0.1, 0.15) is 5.54 Å². The summed E-state index contributed by atoms with van der Waals surface area (Å²) >= 11 is 0. The van der Waals surface area contributed by atoms with E-state index < -0.39 is 0 Å². The lowest BCUT2D eigenvalue weighted by Crippen LogP contribution is -2.62. The summed E-state index contributed by atoms with van der Waals surface area (Å²) in [5.41, 5.74) is 7.76. The molecule has 2 aromatic carbocycles. The van der Waals surface area contributed by atoms with Gasteiger partial charge in [0.05, 0.1) is 6.42 Å². The van der Waals surface area contributed by atoms with Crippen molar-refractivity contribution in [2.24, 2.45) is 5.92 Å². The molecule has 1 saturated carbocycles. The first-order valence-corrected chi connectivity index (χ1v) is 11.3. The highest BCUT2D eigenvalue weighted by atomic mass is 15.7. The van der Waals surface area contributed by atoms with E-state index in [4.69, 9.17) is 0 Å². The Labute approximate surface area is 163 Å². The summed E-state index contributed by atoms with van der Waals surface area (Å²) in [6, 6.07) is 20.1. The minimum atomic E-state index is 0.179. The molecule has 2 aromatic rings.